The maximum Gasteiger partial charge on any atom is 0.397 e. The summed E-state index contributed by atoms with van der Waals surface area (Å²) in [5, 5.41) is 7.20. The van der Waals surface area contributed by atoms with E-state index in [1.165, 1.54) is 11.1 Å². The standard InChI is InChI=1S/C14H14F3N5O2/c15-14(16,17)6-11(23)21-1-3-22(4-2-21)13(24)10-5-9-8-19-20-12(9)18-7-10/h5,7-8H,1-4,6H2,(H,18,19,20). The predicted molar refractivity (Wildman–Crippen MR) is 77.0 cm³/mol. The van der Waals surface area contributed by atoms with Crippen LogP contribution in [-0.4, -0.2) is 69.2 Å². The number of carbonyl (C=O) groups is 2. The molecule has 7 nitrogen and oxygen atoms in total. The van der Waals surface area contributed by atoms with Crippen molar-refractivity contribution in [3.63, 3.8) is 0 Å². The number of aromatic amines is 1. The molecule has 3 rings (SSSR count). The number of pyridine rings is 1. The van der Waals surface area contributed by atoms with E-state index in [-0.39, 0.29) is 32.1 Å². The van der Waals surface area contributed by atoms with Gasteiger partial charge in [-0.1, -0.05) is 0 Å². The molecule has 0 unspecified atom stereocenters. The molecule has 0 saturated carbocycles. The summed E-state index contributed by atoms with van der Waals surface area (Å²) < 4.78 is 36.8. The van der Waals surface area contributed by atoms with Gasteiger partial charge in [-0.15, -0.1) is 0 Å². The summed E-state index contributed by atoms with van der Waals surface area (Å²) in [6.07, 6.45) is -3.02. The summed E-state index contributed by atoms with van der Waals surface area (Å²) in [5.74, 6) is -1.23. The van der Waals surface area contributed by atoms with Gasteiger partial charge < -0.3 is 9.80 Å². The number of nitrogens with zero attached hydrogens (tertiary/aromatic N) is 4. The zero-order valence-electron chi connectivity index (χ0n) is 12.5. The highest BCUT2D eigenvalue weighted by molar-refractivity contribution is 5.96. The van der Waals surface area contributed by atoms with Crippen molar-refractivity contribution in [1.82, 2.24) is 25.0 Å². The van der Waals surface area contributed by atoms with Gasteiger partial charge in [-0.2, -0.15) is 18.3 Å². The van der Waals surface area contributed by atoms with Crippen molar-refractivity contribution in [3.8, 4) is 0 Å². The quantitative estimate of drug-likeness (QED) is 0.890. The highest BCUT2D eigenvalue weighted by atomic mass is 19.4. The molecule has 1 saturated heterocycles. The van der Waals surface area contributed by atoms with Gasteiger partial charge in [0.15, 0.2) is 5.65 Å². The van der Waals surface area contributed by atoms with Crippen LogP contribution in [0.3, 0.4) is 0 Å². The molecule has 1 N–H and O–H groups in total. The van der Waals surface area contributed by atoms with Gasteiger partial charge in [-0.05, 0) is 6.07 Å². The number of H-pyrrole nitrogens is 1. The van der Waals surface area contributed by atoms with Crippen LogP contribution in [0.2, 0.25) is 0 Å². The van der Waals surface area contributed by atoms with Gasteiger partial charge in [0.1, 0.15) is 6.42 Å². The van der Waals surface area contributed by atoms with E-state index in [1.54, 1.807) is 12.3 Å². The molecule has 128 valence electrons. The monoisotopic (exact) mass is 341 g/mol. The number of alkyl halides is 3. The molecule has 1 fully saturated rings. The SMILES string of the molecule is O=C(CC(F)(F)F)N1CCN(C(=O)c2cnc3[nH]ncc3c2)CC1. The number of halogens is 3. The lowest BCUT2D eigenvalue weighted by atomic mass is 10.2. The third-order valence-electron chi connectivity index (χ3n) is 3.81. The third-order valence-corrected chi connectivity index (χ3v) is 3.81. The van der Waals surface area contributed by atoms with Gasteiger partial charge in [-0.25, -0.2) is 4.98 Å². The summed E-state index contributed by atoms with van der Waals surface area (Å²) in [6.45, 7) is 0.543. The van der Waals surface area contributed by atoms with E-state index < -0.39 is 18.5 Å². The molecule has 24 heavy (non-hydrogen) atoms. The minimum absolute atomic E-state index is 0.0854. The minimum atomic E-state index is -4.52. The number of amides is 2. The van der Waals surface area contributed by atoms with E-state index in [2.05, 4.69) is 15.2 Å². The molecule has 0 aromatic carbocycles. The molecule has 10 heteroatoms. The highest BCUT2D eigenvalue weighted by Crippen LogP contribution is 2.21. The van der Waals surface area contributed by atoms with Crippen LogP contribution in [0.4, 0.5) is 13.2 Å². The van der Waals surface area contributed by atoms with Gasteiger partial charge in [0.25, 0.3) is 5.91 Å². The fourth-order valence-electron chi connectivity index (χ4n) is 2.58. The Hall–Kier alpha value is -2.65. The average Bonchev–Trinajstić information content (AvgIpc) is 3.00. The first-order valence-electron chi connectivity index (χ1n) is 7.26. The number of piperazine rings is 1. The van der Waals surface area contributed by atoms with E-state index in [1.807, 2.05) is 0 Å². The summed E-state index contributed by atoms with van der Waals surface area (Å²) in [5.41, 5.74) is 0.938. The molecule has 3 heterocycles. The van der Waals surface area contributed by atoms with Crippen molar-refractivity contribution in [2.24, 2.45) is 0 Å². The summed E-state index contributed by atoms with van der Waals surface area (Å²) in [6, 6.07) is 1.65. The first kappa shape index (κ1) is 16.2. The fourth-order valence-corrected chi connectivity index (χ4v) is 2.58. The van der Waals surface area contributed by atoms with Crippen LogP contribution in [0.25, 0.3) is 11.0 Å². The van der Waals surface area contributed by atoms with Gasteiger partial charge in [0.2, 0.25) is 5.91 Å². The maximum atomic E-state index is 12.4. The van der Waals surface area contributed by atoms with Crippen LogP contribution in [0.1, 0.15) is 16.8 Å². The van der Waals surface area contributed by atoms with Crippen LogP contribution in [0.5, 0.6) is 0 Å². The van der Waals surface area contributed by atoms with Gasteiger partial charge in [0, 0.05) is 37.8 Å². The number of carbonyl (C=O) groups excluding carboxylic acids is 2. The largest absolute Gasteiger partial charge is 0.397 e. The number of nitrogens with one attached hydrogen (secondary N) is 1. The van der Waals surface area contributed by atoms with E-state index in [0.717, 1.165) is 4.90 Å². The van der Waals surface area contributed by atoms with Crippen LogP contribution in [0.15, 0.2) is 18.5 Å². The Labute approximate surface area is 134 Å². The summed E-state index contributed by atoms with van der Waals surface area (Å²) >= 11 is 0. The number of rotatable bonds is 2. The van der Waals surface area contributed by atoms with E-state index in [0.29, 0.717) is 16.6 Å². The van der Waals surface area contributed by atoms with Crippen LogP contribution < -0.4 is 0 Å². The fraction of sp³-hybridized carbons (Fsp3) is 0.429. The molecule has 0 bridgehead atoms. The highest BCUT2D eigenvalue weighted by Gasteiger charge is 2.35. The Morgan fingerprint density at radius 1 is 1.12 bits per heavy atom. The Balaban J connectivity index is 1.61. The summed E-state index contributed by atoms with van der Waals surface area (Å²) in [4.78, 5) is 30.7. The van der Waals surface area contributed by atoms with Crippen molar-refractivity contribution in [2.45, 2.75) is 12.6 Å². The topological polar surface area (TPSA) is 82.2 Å². The molecule has 1 aliphatic rings. The van der Waals surface area contributed by atoms with Gasteiger partial charge >= 0.3 is 6.18 Å². The lowest BCUT2D eigenvalue weighted by molar-refractivity contribution is -0.162. The van der Waals surface area contributed by atoms with Crippen molar-refractivity contribution in [2.75, 3.05) is 26.2 Å². The first-order valence-corrected chi connectivity index (χ1v) is 7.26. The Morgan fingerprint density at radius 2 is 1.79 bits per heavy atom. The van der Waals surface area contributed by atoms with E-state index in [4.69, 9.17) is 0 Å². The minimum Gasteiger partial charge on any atom is -0.339 e. The van der Waals surface area contributed by atoms with Crippen molar-refractivity contribution >= 4 is 22.8 Å². The second-order valence-electron chi connectivity index (χ2n) is 5.50. The Bertz CT molecular complexity index is 765. The van der Waals surface area contributed by atoms with Crippen LogP contribution >= 0.6 is 0 Å². The molecule has 0 radical (unpaired) electrons. The zero-order chi connectivity index (χ0) is 17.3. The zero-order valence-corrected chi connectivity index (χ0v) is 12.5. The molecular weight excluding hydrogens is 327 g/mol. The summed E-state index contributed by atoms with van der Waals surface area (Å²) in [7, 11) is 0. The second-order valence-corrected chi connectivity index (χ2v) is 5.50. The lowest BCUT2D eigenvalue weighted by Gasteiger charge is -2.35. The molecule has 1 aliphatic heterocycles. The molecule has 0 aliphatic carbocycles. The molecular formula is C14H14F3N5O2. The molecule has 0 atom stereocenters. The van der Waals surface area contributed by atoms with Crippen LogP contribution in [0, 0.1) is 0 Å². The van der Waals surface area contributed by atoms with E-state index >= 15 is 0 Å². The molecule has 2 aromatic rings. The molecule has 2 amide bonds. The van der Waals surface area contributed by atoms with Crippen molar-refractivity contribution in [1.29, 1.82) is 0 Å². The average molecular weight is 341 g/mol. The number of aromatic nitrogens is 3. The van der Waals surface area contributed by atoms with Crippen LogP contribution in [-0.2, 0) is 4.79 Å². The van der Waals surface area contributed by atoms with Gasteiger partial charge in [0.05, 0.1) is 11.8 Å². The van der Waals surface area contributed by atoms with E-state index in [9.17, 15) is 22.8 Å². The number of fused-ring (bicyclic) bond motifs is 1. The molecule has 2 aromatic heterocycles. The van der Waals surface area contributed by atoms with Crippen molar-refractivity contribution < 1.29 is 22.8 Å². The Morgan fingerprint density at radius 3 is 2.46 bits per heavy atom. The number of hydrogen-bond acceptors (Lipinski definition) is 4. The number of hydrogen-bond donors (Lipinski definition) is 1. The second kappa shape index (κ2) is 6.10. The molecule has 0 spiro atoms. The first-order chi connectivity index (χ1) is 11.3. The third kappa shape index (κ3) is 3.47. The van der Waals surface area contributed by atoms with Gasteiger partial charge in [-0.3, -0.25) is 14.7 Å². The lowest BCUT2D eigenvalue weighted by Crippen LogP contribution is -2.51. The smallest absolute Gasteiger partial charge is 0.339 e. The predicted octanol–water partition coefficient (Wildman–Crippen LogP) is 1.19. The normalized spacial score (nSPS) is 15.8. The Kier molecular flexibility index (Phi) is 4.12. The maximum absolute atomic E-state index is 12.4. The van der Waals surface area contributed by atoms with Crippen molar-refractivity contribution in [3.05, 3.63) is 24.0 Å².